The highest BCUT2D eigenvalue weighted by Gasteiger charge is 2.01. The van der Waals surface area contributed by atoms with Gasteiger partial charge in [0.25, 0.3) is 0 Å². The first-order valence-corrected chi connectivity index (χ1v) is 4.61. The third-order valence-corrected chi connectivity index (χ3v) is 1.80. The molecule has 0 aliphatic rings. The summed E-state index contributed by atoms with van der Waals surface area (Å²) >= 11 is 0. The first-order chi connectivity index (χ1) is 6.20. The van der Waals surface area contributed by atoms with E-state index in [9.17, 15) is 4.79 Å². The van der Waals surface area contributed by atoms with Gasteiger partial charge < -0.3 is 9.84 Å². The summed E-state index contributed by atoms with van der Waals surface area (Å²) in [6.07, 6.45) is 5.08. The molecule has 0 aromatic carbocycles. The molecule has 0 bridgehead atoms. The Morgan fingerprint density at radius 3 is 2.69 bits per heavy atom. The molecule has 0 fully saturated rings. The van der Waals surface area contributed by atoms with Crippen LogP contribution in [0.4, 0.5) is 4.79 Å². The van der Waals surface area contributed by atoms with Crippen LogP contribution in [0.3, 0.4) is 0 Å². The minimum absolute atomic E-state index is 0.263. The molecule has 3 heteroatoms. The summed E-state index contributed by atoms with van der Waals surface area (Å²) in [5.41, 5.74) is 0. The van der Waals surface area contributed by atoms with E-state index in [1.54, 1.807) is 0 Å². The van der Waals surface area contributed by atoms with Crippen LogP contribution >= 0.6 is 0 Å². The molecule has 1 unspecified atom stereocenters. The average Bonchev–Trinajstić information content (AvgIpc) is 2.10. The van der Waals surface area contributed by atoms with E-state index in [2.05, 4.69) is 23.7 Å². The van der Waals surface area contributed by atoms with Gasteiger partial charge in [0, 0.05) is 5.92 Å². The van der Waals surface area contributed by atoms with Crippen molar-refractivity contribution in [3.8, 4) is 12.0 Å². The average molecular weight is 184 g/mol. The predicted molar refractivity (Wildman–Crippen MR) is 50.2 cm³/mol. The first-order valence-electron chi connectivity index (χ1n) is 4.61. The topological polar surface area (TPSA) is 46.5 Å². The lowest BCUT2D eigenvalue weighted by Gasteiger charge is -2.04. The second-order valence-corrected chi connectivity index (χ2v) is 2.86. The van der Waals surface area contributed by atoms with Gasteiger partial charge in [-0.1, -0.05) is 32.6 Å². The van der Waals surface area contributed by atoms with Crippen LogP contribution in [-0.2, 0) is 4.74 Å². The lowest BCUT2D eigenvalue weighted by Crippen LogP contribution is -1.97. The van der Waals surface area contributed by atoms with Crippen molar-refractivity contribution in [3.63, 3.8) is 0 Å². The zero-order chi connectivity index (χ0) is 10.1. The third-order valence-electron chi connectivity index (χ3n) is 1.80. The van der Waals surface area contributed by atoms with Crippen LogP contribution in [0, 0.1) is 17.9 Å². The van der Waals surface area contributed by atoms with Crippen molar-refractivity contribution in [2.75, 3.05) is 0 Å². The van der Waals surface area contributed by atoms with Crippen LogP contribution in [0.5, 0.6) is 0 Å². The largest absolute Gasteiger partial charge is 0.520 e. The molecule has 0 aliphatic carbocycles. The van der Waals surface area contributed by atoms with E-state index in [4.69, 9.17) is 5.11 Å². The van der Waals surface area contributed by atoms with E-state index in [0.29, 0.717) is 0 Å². The highest BCUT2D eigenvalue weighted by molar-refractivity contribution is 5.58. The van der Waals surface area contributed by atoms with E-state index in [1.165, 1.54) is 0 Å². The monoisotopic (exact) mass is 184 g/mol. The summed E-state index contributed by atoms with van der Waals surface area (Å²) in [6, 6.07) is 0. The van der Waals surface area contributed by atoms with Crippen molar-refractivity contribution in [3.05, 3.63) is 0 Å². The van der Waals surface area contributed by atoms with Gasteiger partial charge in [-0.3, -0.25) is 0 Å². The minimum Gasteiger partial charge on any atom is -0.449 e. The summed E-state index contributed by atoms with van der Waals surface area (Å²) < 4.78 is 4.11. The number of hydrogen-bond donors (Lipinski definition) is 1. The number of ether oxygens (including phenoxy) is 1. The molecule has 3 nitrogen and oxygen atoms in total. The SMILES string of the molecule is CCCCC(C#COC(=O)O)CC. The van der Waals surface area contributed by atoms with E-state index in [-0.39, 0.29) is 5.92 Å². The van der Waals surface area contributed by atoms with Gasteiger partial charge >= 0.3 is 6.16 Å². The zero-order valence-electron chi connectivity index (χ0n) is 8.17. The van der Waals surface area contributed by atoms with E-state index in [1.807, 2.05) is 6.92 Å². The van der Waals surface area contributed by atoms with Crippen molar-refractivity contribution in [1.82, 2.24) is 0 Å². The molecule has 0 aromatic rings. The van der Waals surface area contributed by atoms with Crippen molar-refractivity contribution in [1.29, 1.82) is 0 Å². The number of rotatable bonds is 4. The molecule has 13 heavy (non-hydrogen) atoms. The Morgan fingerprint density at radius 1 is 1.54 bits per heavy atom. The fourth-order valence-corrected chi connectivity index (χ4v) is 0.985. The van der Waals surface area contributed by atoms with Gasteiger partial charge in [-0.15, -0.1) is 0 Å². The summed E-state index contributed by atoms with van der Waals surface area (Å²) in [6.45, 7) is 4.16. The van der Waals surface area contributed by atoms with Gasteiger partial charge in [0.05, 0.1) is 0 Å². The van der Waals surface area contributed by atoms with Crippen LogP contribution in [0.15, 0.2) is 0 Å². The summed E-state index contributed by atoms with van der Waals surface area (Å²) in [7, 11) is 0. The van der Waals surface area contributed by atoms with Crippen molar-refractivity contribution in [2.24, 2.45) is 5.92 Å². The van der Waals surface area contributed by atoms with E-state index < -0.39 is 6.16 Å². The standard InChI is InChI=1S/C10H16O3/c1-3-5-6-9(4-2)7-8-13-10(11)12/h9H,3-6H2,1-2H3,(H,11,12). The number of unbranched alkanes of at least 4 members (excludes halogenated alkanes) is 1. The zero-order valence-corrected chi connectivity index (χ0v) is 8.17. The lowest BCUT2D eigenvalue weighted by molar-refractivity contribution is 0.134. The van der Waals surface area contributed by atoms with Gasteiger partial charge in [-0.05, 0) is 12.8 Å². The lowest BCUT2D eigenvalue weighted by atomic mass is 10.0. The third kappa shape index (κ3) is 7.20. The molecule has 0 aromatic heterocycles. The molecule has 0 saturated carbocycles. The predicted octanol–water partition coefficient (Wildman–Crippen LogP) is 2.86. The molecular weight excluding hydrogens is 168 g/mol. The minimum atomic E-state index is -1.34. The molecule has 0 spiro atoms. The Hall–Kier alpha value is -1.17. The van der Waals surface area contributed by atoms with E-state index in [0.717, 1.165) is 25.7 Å². The Kier molecular flexibility index (Phi) is 6.80. The van der Waals surface area contributed by atoms with E-state index >= 15 is 0 Å². The molecule has 0 radical (unpaired) electrons. The number of carbonyl (C=O) groups is 1. The second-order valence-electron chi connectivity index (χ2n) is 2.86. The Labute approximate surface area is 79.1 Å². The van der Waals surface area contributed by atoms with Crippen molar-refractivity contribution >= 4 is 6.16 Å². The van der Waals surface area contributed by atoms with Crippen LogP contribution in [0.25, 0.3) is 0 Å². The summed E-state index contributed by atoms with van der Waals surface area (Å²) in [4.78, 5) is 9.96. The first kappa shape index (κ1) is 11.8. The molecule has 0 saturated heterocycles. The maximum absolute atomic E-state index is 9.96. The molecule has 1 atom stereocenters. The molecule has 1 N–H and O–H groups in total. The number of carboxylic acid groups (broad SMARTS) is 1. The molecule has 0 amide bonds. The van der Waals surface area contributed by atoms with Crippen LogP contribution in [-0.4, -0.2) is 11.3 Å². The Balaban J connectivity index is 3.78. The van der Waals surface area contributed by atoms with Crippen molar-refractivity contribution in [2.45, 2.75) is 39.5 Å². The fourth-order valence-electron chi connectivity index (χ4n) is 0.985. The highest BCUT2D eigenvalue weighted by atomic mass is 16.7. The number of hydrogen-bond acceptors (Lipinski definition) is 2. The molecular formula is C10H16O3. The van der Waals surface area contributed by atoms with Gasteiger partial charge in [-0.2, -0.15) is 0 Å². The van der Waals surface area contributed by atoms with Crippen LogP contribution in [0.1, 0.15) is 39.5 Å². The Bertz CT molecular complexity index is 200. The quantitative estimate of drug-likeness (QED) is 0.539. The molecule has 74 valence electrons. The molecule has 0 aliphatic heterocycles. The Morgan fingerprint density at radius 2 is 2.23 bits per heavy atom. The maximum atomic E-state index is 9.96. The van der Waals surface area contributed by atoms with Gasteiger partial charge in [0.2, 0.25) is 0 Å². The normalized spacial score (nSPS) is 11.2. The summed E-state index contributed by atoms with van der Waals surface area (Å²) in [5.74, 6) is 3.05. The molecule has 0 rings (SSSR count). The van der Waals surface area contributed by atoms with Gasteiger partial charge in [0.15, 0.2) is 0 Å². The maximum Gasteiger partial charge on any atom is 0.520 e. The summed E-state index contributed by atoms with van der Waals surface area (Å²) in [5, 5.41) is 8.15. The fraction of sp³-hybridized carbons (Fsp3) is 0.700. The van der Waals surface area contributed by atoms with Crippen LogP contribution < -0.4 is 0 Å². The van der Waals surface area contributed by atoms with Gasteiger partial charge in [-0.25, -0.2) is 4.79 Å². The van der Waals surface area contributed by atoms with Crippen LogP contribution in [0.2, 0.25) is 0 Å². The highest BCUT2D eigenvalue weighted by Crippen LogP contribution is 2.10. The van der Waals surface area contributed by atoms with Gasteiger partial charge in [0.1, 0.15) is 6.11 Å². The second kappa shape index (κ2) is 7.48. The van der Waals surface area contributed by atoms with Crippen molar-refractivity contribution < 1.29 is 14.6 Å². The molecule has 0 heterocycles. The smallest absolute Gasteiger partial charge is 0.449 e.